The summed E-state index contributed by atoms with van der Waals surface area (Å²) in [5.74, 6) is 0.128. The average Bonchev–Trinajstić information content (AvgIpc) is 2.90. The number of pyridine rings is 1. The van der Waals surface area contributed by atoms with Crippen LogP contribution in [0.2, 0.25) is 0 Å². The van der Waals surface area contributed by atoms with Gasteiger partial charge in [-0.3, -0.25) is 9.38 Å². The molecule has 6 heteroatoms. The van der Waals surface area contributed by atoms with Crippen molar-refractivity contribution >= 4 is 11.5 Å². The molecular formula is C16H14N2O4. The van der Waals surface area contributed by atoms with E-state index < -0.39 is 5.97 Å². The maximum absolute atomic E-state index is 12.0. The van der Waals surface area contributed by atoms with Crippen molar-refractivity contribution < 1.29 is 14.3 Å². The van der Waals surface area contributed by atoms with Crippen LogP contribution in [0.25, 0.3) is 5.52 Å². The molecule has 3 rings (SSSR count). The van der Waals surface area contributed by atoms with E-state index in [-0.39, 0.29) is 24.6 Å². The minimum atomic E-state index is -0.581. The minimum Gasteiger partial charge on any atom is -0.490 e. The minimum absolute atomic E-state index is 0.0972. The summed E-state index contributed by atoms with van der Waals surface area (Å²) in [7, 11) is 0. The Balaban J connectivity index is 1.61. The topological polar surface area (TPSA) is 72.8 Å². The molecule has 112 valence electrons. The van der Waals surface area contributed by atoms with Crippen molar-refractivity contribution in [2.75, 3.05) is 13.2 Å². The van der Waals surface area contributed by atoms with Gasteiger partial charge in [0.15, 0.2) is 5.69 Å². The molecule has 1 N–H and O–H groups in total. The van der Waals surface area contributed by atoms with Crippen molar-refractivity contribution in [2.24, 2.45) is 0 Å². The van der Waals surface area contributed by atoms with Crippen molar-refractivity contribution in [3.8, 4) is 5.75 Å². The van der Waals surface area contributed by atoms with Crippen molar-refractivity contribution in [1.29, 1.82) is 0 Å². The van der Waals surface area contributed by atoms with E-state index in [1.807, 2.05) is 30.3 Å². The molecule has 0 aliphatic rings. The number of nitrogens with zero attached hydrogens (tertiary/aromatic N) is 1. The zero-order valence-corrected chi connectivity index (χ0v) is 11.7. The Morgan fingerprint density at radius 3 is 2.64 bits per heavy atom. The highest BCUT2D eigenvalue weighted by atomic mass is 16.6. The number of nitrogens with one attached hydrogen (secondary N) is 1. The van der Waals surface area contributed by atoms with Crippen LogP contribution in [-0.4, -0.2) is 28.6 Å². The molecule has 0 bridgehead atoms. The number of para-hydroxylation sites is 1. The summed E-state index contributed by atoms with van der Waals surface area (Å²) >= 11 is 0. The number of aromatic nitrogens is 2. The monoisotopic (exact) mass is 298 g/mol. The van der Waals surface area contributed by atoms with Crippen LogP contribution in [0.15, 0.2) is 59.5 Å². The number of benzene rings is 1. The fourth-order valence-corrected chi connectivity index (χ4v) is 2.09. The predicted octanol–water partition coefficient (Wildman–Crippen LogP) is 1.86. The lowest BCUT2D eigenvalue weighted by Crippen LogP contribution is -2.14. The number of imidazole rings is 1. The molecular weight excluding hydrogens is 284 g/mol. The summed E-state index contributed by atoms with van der Waals surface area (Å²) in [6, 6.07) is 14.4. The number of carbonyl (C=O) groups is 1. The maximum Gasteiger partial charge on any atom is 0.357 e. The molecule has 0 spiro atoms. The van der Waals surface area contributed by atoms with Gasteiger partial charge in [-0.15, -0.1) is 0 Å². The Morgan fingerprint density at radius 1 is 1.05 bits per heavy atom. The number of hydrogen-bond acceptors (Lipinski definition) is 4. The van der Waals surface area contributed by atoms with Crippen molar-refractivity contribution in [1.82, 2.24) is 9.38 Å². The van der Waals surface area contributed by atoms with E-state index in [0.29, 0.717) is 11.3 Å². The second-order valence-corrected chi connectivity index (χ2v) is 4.56. The molecule has 0 saturated heterocycles. The molecule has 2 aromatic heterocycles. The first-order valence-corrected chi connectivity index (χ1v) is 6.80. The van der Waals surface area contributed by atoms with Gasteiger partial charge in [-0.1, -0.05) is 24.3 Å². The third-order valence-corrected chi connectivity index (χ3v) is 3.10. The van der Waals surface area contributed by atoms with Crippen LogP contribution < -0.4 is 10.4 Å². The number of fused-ring (bicyclic) bond motifs is 1. The second-order valence-electron chi connectivity index (χ2n) is 4.56. The number of ether oxygens (including phenoxy) is 2. The molecule has 1 aromatic carbocycles. The number of H-pyrrole nitrogens is 1. The lowest BCUT2D eigenvalue weighted by atomic mass is 10.3. The molecule has 0 radical (unpaired) electrons. The van der Waals surface area contributed by atoms with Crippen LogP contribution >= 0.6 is 0 Å². The summed E-state index contributed by atoms with van der Waals surface area (Å²) < 4.78 is 11.9. The number of rotatable bonds is 5. The van der Waals surface area contributed by atoms with Crippen LogP contribution in [0.3, 0.4) is 0 Å². The fourth-order valence-electron chi connectivity index (χ4n) is 2.09. The molecule has 0 aliphatic carbocycles. The van der Waals surface area contributed by atoms with Crippen molar-refractivity contribution in [3.05, 3.63) is 70.9 Å². The zero-order valence-electron chi connectivity index (χ0n) is 11.7. The van der Waals surface area contributed by atoms with Crippen LogP contribution in [-0.2, 0) is 4.74 Å². The molecule has 0 aliphatic heterocycles. The Bertz CT molecular complexity index is 836. The van der Waals surface area contributed by atoms with Gasteiger partial charge in [-0.05, 0) is 24.3 Å². The summed E-state index contributed by atoms with van der Waals surface area (Å²) in [6.07, 6.45) is 1.59. The Morgan fingerprint density at radius 2 is 1.82 bits per heavy atom. The van der Waals surface area contributed by atoms with Crippen LogP contribution in [0, 0.1) is 0 Å². The molecule has 3 aromatic rings. The smallest absolute Gasteiger partial charge is 0.357 e. The van der Waals surface area contributed by atoms with E-state index in [4.69, 9.17) is 9.47 Å². The van der Waals surface area contributed by atoms with Crippen molar-refractivity contribution in [2.45, 2.75) is 0 Å². The molecule has 22 heavy (non-hydrogen) atoms. The van der Waals surface area contributed by atoms with E-state index in [2.05, 4.69) is 4.98 Å². The van der Waals surface area contributed by atoms with Gasteiger partial charge < -0.3 is 9.47 Å². The van der Waals surface area contributed by atoms with Gasteiger partial charge in [0.2, 0.25) is 0 Å². The first kappa shape index (κ1) is 13.9. The average molecular weight is 298 g/mol. The molecule has 0 unspecified atom stereocenters. The predicted molar refractivity (Wildman–Crippen MR) is 80.2 cm³/mol. The molecule has 0 saturated carbocycles. The van der Waals surface area contributed by atoms with Gasteiger partial charge >= 0.3 is 11.7 Å². The number of hydrogen-bond donors (Lipinski definition) is 1. The SMILES string of the molecule is O=C(OCCOc1ccccc1)c1[nH]c(=O)n2ccccc12. The normalized spacial score (nSPS) is 10.5. The lowest BCUT2D eigenvalue weighted by Gasteiger charge is -2.06. The lowest BCUT2D eigenvalue weighted by molar-refractivity contribution is 0.0446. The Labute approximate surface area is 125 Å². The van der Waals surface area contributed by atoms with E-state index in [1.165, 1.54) is 4.40 Å². The van der Waals surface area contributed by atoms with Gasteiger partial charge in [-0.2, -0.15) is 0 Å². The second kappa shape index (κ2) is 6.17. The summed E-state index contributed by atoms with van der Waals surface area (Å²) in [4.78, 5) is 26.2. The zero-order chi connectivity index (χ0) is 15.4. The first-order valence-electron chi connectivity index (χ1n) is 6.80. The first-order chi connectivity index (χ1) is 10.8. The largest absolute Gasteiger partial charge is 0.490 e. The van der Waals surface area contributed by atoms with E-state index >= 15 is 0 Å². The van der Waals surface area contributed by atoms with E-state index in [1.54, 1.807) is 24.4 Å². The number of aromatic amines is 1. The van der Waals surface area contributed by atoms with Gasteiger partial charge in [0, 0.05) is 6.20 Å². The third-order valence-electron chi connectivity index (χ3n) is 3.10. The van der Waals surface area contributed by atoms with Gasteiger partial charge in [-0.25, -0.2) is 9.59 Å². The number of carbonyl (C=O) groups excluding carboxylic acids is 1. The van der Waals surface area contributed by atoms with Gasteiger partial charge in [0.1, 0.15) is 19.0 Å². The molecule has 0 fully saturated rings. The summed E-state index contributed by atoms with van der Waals surface area (Å²) in [5.41, 5.74) is 0.259. The van der Waals surface area contributed by atoms with E-state index in [9.17, 15) is 9.59 Å². The van der Waals surface area contributed by atoms with Crippen LogP contribution in [0.4, 0.5) is 0 Å². The maximum atomic E-state index is 12.0. The Hall–Kier alpha value is -3.02. The fraction of sp³-hybridized carbons (Fsp3) is 0.125. The van der Waals surface area contributed by atoms with Crippen LogP contribution in [0.5, 0.6) is 5.75 Å². The van der Waals surface area contributed by atoms with Crippen molar-refractivity contribution in [3.63, 3.8) is 0 Å². The molecule has 2 heterocycles. The highest BCUT2D eigenvalue weighted by Gasteiger charge is 2.15. The van der Waals surface area contributed by atoms with Crippen LogP contribution in [0.1, 0.15) is 10.5 Å². The highest BCUT2D eigenvalue weighted by Crippen LogP contribution is 2.09. The Kier molecular flexibility index (Phi) is 3.91. The third kappa shape index (κ3) is 2.85. The molecule has 6 nitrogen and oxygen atoms in total. The standard InChI is InChI=1S/C16H14N2O4/c19-15(22-11-10-21-12-6-2-1-3-7-12)14-13-8-4-5-9-18(13)16(20)17-14/h1-9H,10-11H2,(H,17,20). The summed E-state index contributed by atoms with van der Waals surface area (Å²) in [5, 5.41) is 0. The van der Waals surface area contributed by atoms with Gasteiger partial charge in [0.25, 0.3) is 0 Å². The van der Waals surface area contributed by atoms with Gasteiger partial charge in [0.05, 0.1) is 5.52 Å². The highest BCUT2D eigenvalue weighted by molar-refractivity contribution is 5.94. The van der Waals surface area contributed by atoms with E-state index in [0.717, 1.165) is 0 Å². The number of esters is 1. The quantitative estimate of drug-likeness (QED) is 0.576. The molecule has 0 amide bonds. The summed E-state index contributed by atoms with van der Waals surface area (Å²) in [6.45, 7) is 0.339. The molecule has 0 atom stereocenters.